The largest absolute Gasteiger partial charge is 0.493 e. The second-order valence-corrected chi connectivity index (χ2v) is 9.52. The van der Waals surface area contributed by atoms with Crippen LogP contribution in [0.3, 0.4) is 0 Å². The number of amides is 1. The van der Waals surface area contributed by atoms with Gasteiger partial charge in [-0.3, -0.25) is 4.79 Å². The first-order chi connectivity index (χ1) is 20.4. The average Bonchev–Trinajstić information content (AvgIpc) is 3.62. The molecular weight excluding hydrogens is 565 g/mol. The van der Waals surface area contributed by atoms with Gasteiger partial charge in [-0.2, -0.15) is 5.10 Å². The lowest BCUT2D eigenvalue weighted by Gasteiger charge is -2.10. The van der Waals surface area contributed by atoms with Crippen molar-refractivity contribution in [1.29, 1.82) is 0 Å². The first-order valence-corrected chi connectivity index (χ1v) is 13.0. The molecule has 1 aliphatic rings. The van der Waals surface area contributed by atoms with Crippen LogP contribution in [-0.2, 0) is 0 Å². The SMILES string of the molecule is COc1cc(C=NNC(=O)c2[nH]c3ccc(F)cc3c2-c2ccccc2Cl)ccc1OC(=O)c1ccc2c(c1)OCO2. The van der Waals surface area contributed by atoms with E-state index in [2.05, 4.69) is 15.5 Å². The van der Waals surface area contributed by atoms with E-state index in [9.17, 15) is 14.0 Å². The summed E-state index contributed by atoms with van der Waals surface area (Å²) in [7, 11) is 1.44. The number of ether oxygens (including phenoxy) is 4. The Balaban J connectivity index is 1.20. The maximum atomic E-state index is 14.1. The van der Waals surface area contributed by atoms with E-state index >= 15 is 0 Å². The lowest BCUT2D eigenvalue weighted by Crippen LogP contribution is -2.19. The summed E-state index contributed by atoms with van der Waals surface area (Å²) < 4.78 is 35.6. The van der Waals surface area contributed by atoms with Gasteiger partial charge in [0.25, 0.3) is 5.91 Å². The molecule has 0 radical (unpaired) electrons. The molecule has 0 bridgehead atoms. The number of carbonyl (C=O) groups is 2. The summed E-state index contributed by atoms with van der Waals surface area (Å²) in [6.07, 6.45) is 1.40. The number of benzene rings is 4. The molecule has 210 valence electrons. The van der Waals surface area contributed by atoms with Crippen molar-refractivity contribution < 1.29 is 32.9 Å². The Morgan fingerprint density at radius 3 is 2.67 bits per heavy atom. The Kier molecular flexibility index (Phi) is 7.20. The van der Waals surface area contributed by atoms with E-state index in [1.165, 1.54) is 25.5 Å². The van der Waals surface area contributed by atoms with E-state index in [0.717, 1.165) is 0 Å². The molecule has 0 fully saturated rings. The van der Waals surface area contributed by atoms with Crippen molar-refractivity contribution in [1.82, 2.24) is 10.4 Å². The summed E-state index contributed by atoms with van der Waals surface area (Å²) in [4.78, 5) is 29.0. The third kappa shape index (κ3) is 5.23. The number of nitrogens with one attached hydrogen (secondary N) is 2. The highest BCUT2D eigenvalue weighted by molar-refractivity contribution is 6.34. The van der Waals surface area contributed by atoms with Gasteiger partial charge in [0.05, 0.1) is 18.9 Å². The molecule has 2 N–H and O–H groups in total. The molecule has 1 aliphatic heterocycles. The molecular formula is C31H21ClFN3O6. The van der Waals surface area contributed by atoms with E-state index < -0.39 is 17.7 Å². The van der Waals surface area contributed by atoms with Gasteiger partial charge in [0.1, 0.15) is 11.5 Å². The summed E-state index contributed by atoms with van der Waals surface area (Å²) >= 11 is 6.42. The Labute approximate surface area is 243 Å². The smallest absolute Gasteiger partial charge is 0.343 e. The molecule has 42 heavy (non-hydrogen) atoms. The van der Waals surface area contributed by atoms with Crippen molar-refractivity contribution in [3.05, 3.63) is 107 Å². The number of H-pyrrole nitrogens is 1. The Hall–Kier alpha value is -5.35. The van der Waals surface area contributed by atoms with E-state index in [4.69, 9.17) is 30.5 Å². The van der Waals surface area contributed by atoms with Gasteiger partial charge in [-0.05, 0) is 66.2 Å². The maximum Gasteiger partial charge on any atom is 0.343 e. The number of rotatable bonds is 7. The normalized spacial score (nSPS) is 12.1. The van der Waals surface area contributed by atoms with E-state index in [1.807, 2.05) is 0 Å². The zero-order valence-electron chi connectivity index (χ0n) is 21.9. The topological polar surface area (TPSA) is 111 Å². The van der Waals surface area contributed by atoms with Crippen LogP contribution in [0.25, 0.3) is 22.0 Å². The first-order valence-electron chi connectivity index (χ1n) is 12.6. The lowest BCUT2D eigenvalue weighted by molar-refractivity contribution is 0.0729. The Bertz CT molecular complexity index is 1890. The van der Waals surface area contributed by atoms with Crippen LogP contribution in [0, 0.1) is 5.82 Å². The van der Waals surface area contributed by atoms with Crippen LogP contribution in [0.5, 0.6) is 23.0 Å². The molecule has 5 aromatic rings. The third-order valence-electron chi connectivity index (χ3n) is 6.51. The Morgan fingerprint density at radius 1 is 1.00 bits per heavy atom. The number of aromatic amines is 1. The fourth-order valence-electron chi connectivity index (χ4n) is 4.53. The predicted molar refractivity (Wildman–Crippen MR) is 154 cm³/mol. The summed E-state index contributed by atoms with van der Waals surface area (Å²) in [6.45, 7) is 0.0927. The van der Waals surface area contributed by atoms with Gasteiger partial charge in [0.2, 0.25) is 6.79 Å². The minimum Gasteiger partial charge on any atom is -0.493 e. The molecule has 0 saturated heterocycles. The minimum absolute atomic E-state index is 0.0927. The fraction of sp³-hybridized carbons (Fsp3) is 0.0645. The monoisotopic (exact) mass is 585 g/mol. The highest BCUT2D eigenvalue weighted by atomic mass is 35.5. The number of carbonyl (C=O) groups excluding carboxylic acids is 2. The molecule has 0 atom stereocenters. The van der Waals surface area contributed by atoms with Gasteiger partial charge in [-0.1, -0.05) is 29.8 Å². The quantitative estimate of drug-likeness (QED) is 0.0997. The number of methoxy groups -OCH3 is 1. The number of hydrogen-bond acceptors (Lipinski definition) is 7. The molecule has 11 heteroatoms. The third-order valence-corrected chi connectivity index (χ3v) is 6.84. The number of hydrogen-bond donors (Lipinski definition) is 2. The van der Waals surface area contributed by atoms with Crippen molar-refractivity contribution >= 4 is 40.6 Å². The second-order valence-electron chi connectivity index (χ2n) is 9.11. The summed E-state index contributed by atoms with van der Waals surface area (Å²) in [5, 5.41) is 4.99. The van der Waals surface area contributed by atoms with Crippen LogP contribution in [0.4, 0.5) is 4.39 Å². The van der Waals surface area contributed by atoms with Crippen LogP contribution in [0.2, 0.25) is 5.02 Å². The Morgan fingerprint density at radius 2 is 1.83 bits per heavy atom. The highest BCUT2D eigenvalue weighted by Crippen LogP contribution is 2.37. The van der Waals surface area contributed by atoms with Gasteiger partial charge in [-0.15, -0.1) is 0 Å². The summed E-state index contributed by atoms with van der Waals surface area (Å²) in [6, 6.07) is 20.7. The van der Waals surface area contributed by atoms with Crippen LogP contribution < -0.4 is 24.4 Å². The van der Waals surface area contributed by atoms with Crippen LogP contribution in [-0.4, -0.2) is 37.0 Å². The molecule has 4 aromatic carbocycles. The standard InChI is InChI=1S/C31H21ClFN3O6/c1-39-26-12-17(6-10-25(26)42-31(38)18-7-11-24-27(13-18)41-16-40-24)15-34-36-30(37)29-28(20-4-2-3-5-22(20)32)21-14-19(33)8-9-23(21)35-29/h2-15,35H,16H2,1H3,(H,36,37). The predicted octanol–water partition coefficient (Wildman–Crippen LogP) is 6.35. The van der Waals surface area contributed by atoms with Crippen molar-refractivity contribution in [2.45, 2.75) is 0 Å². The summed E-state index contributed by atoms with van der Waals surface area (Å²) in [5.74, 6) is -0.123. The zero-order chi connectivity index (χ0) is 29.2. The molecule has 6 rings (SSSR count). The molecule has 1 aromatic heterocycles. The molecule has 0 aliphatic carbocycles. The van der Waals surface area contributed by atoms with Crippen molar-refractivity contribution in [3.8, 4) is 34.1 Å². The van der Waals surface area contributed by atoms with Crippen molar-refractivity contribution in [2.75, 3.05) is 13.9 Å². The van der Waals surface area contributed by atoms with Gasteiger partial charge in [-0.25, -0.2) is 14.6 Å². The highest BCUT2D eigenvalue weighted by Gasteiger charge is 2.22. The number of esters is 1. The fourth-order valence-corrected chi connectivity index (χ4v) is 4.76. The van der Waals surface area contributed by atoms with E-state index in [-0.39, 0.29) is 29.5 Å². The van der Waals surface area contributed by atoms with Crippen LogP contribution >= 0.6 is 11.6 Å². The van der Waals surface area contributed by atoms with E-state index in [1.54, 1.807) is 66.7 Å². The van der Waals surface area contributed by atoms with Gasteiger partial charge < -0.3 is 23.9 Å². The second kappa shape index (κ2) is 11.3. The van der Waals surface area contributed by atoms with Gasteiger partial charge in [0, 0.05) is 27.1 Å². The number of halogens is 2. The first kappa shape index (κ1) is 26.9. The van der Waals surface area contributed by atoms with Gasteiger partial charge >= 0.3 is 5.97 Å². The van der Waals surface area contributed by atoms with Crippen molar-refractivity contribution in [3.63, 3.8) is 0 Å². The van der Waals surface area contributed by atoms with Crippen LogP contribution in [0.1, 0.15) is 26.4 Å². The number of fused-ring (bicyclic) bond motifs is 2. The molecule has 0 spiro atoms. The molecule has 9 nitrogen and oxygen atoms in total. The number of aromatic nitrogens is 1. The number of nitrogens with zero attached hydrogens (tertiary/aromatic N) is 1. The molecule has 0 saturated carbocycles. The molecule has 1 amide bonds. The molecule has 0 unspecified atom stereocenters. The average molecular weight is 586 g/mol. The lowest BCUT2D eigenvalue weighted by atomic mass is 10.0. The minimum atomic E-state index is -0.604. The zero-order valence-corrected chi connectivity index (χ0v) is 22.7. The van der Waals surface area contributed by atoms with Gasteiger partial charge in [0.15, 0.2) is 23.0 Å². The van der Waals surface area contributed by atoms with E-state index in [0.29, 0.717) is 44.1 Å². The molecule has 2 heterocycles. The van der Waals surface area contributed by atoms with Crippen LogP contribution in [0.15, 0.2) is 84.0 Å². The maximum absolute atomic E-state index is 14.1. The van der Waals surface area contributed by atoms with Crippen molar-refractivity contribution in [2.24, 2.45) is 5.10 Å². The summed E-state index contributed by atoms with van der Waals surface area (Å²) in [5.41, 5.74) is 5.09. The number of hydrazone groups is 1.